The number of carboxylic acids is 1. The number of hydrogen-bond acceptors (Lipinski definition) is 3. The van der Waals surface area contributed by atoms with E-state index >= 15 is 0 Å². The molecule has 1 aromatic rings. The van der Waals surface area contributed by atoms with Gasteiger partial charge in [0.25, 0.3) is 0 Å². The average molecular weight is 248 g/mol. The highest BCUT2D eigenvalue weighted by Crippen LogP contribution is 2.20. The quantitative estimate of drug-likeness (QED) is 0.771. The van der Waals surface area contributed by atoms with Crippen molar-refractivity contribution >= 4 is 11.7 Å². The van der Waals surface area contributed by atoms with Gasteiger partial charge in [-0.15, -0.1) is 0 Å². The predicted molar refractivity (Wildman–Crippen MR) is 71.9 cm³/mol. The second-order valence-electron chi connectivity index (χ2n) is 4.88. The van der Waals surface area contributed by atoms with Crippen molar-refractivity contribution in [3.05, 3.63) is 30.3 Å². The smallest absolute Gasteiger partial charge is 0.320 e. The zero-order chi connectivity index (χ0) is 13.0. The molecule has 4 nitrogen and oxygen atoms in total. The summed E-state index contributed by atoms with van der Waals surface area (Å²) in [5.41, 5.74) is 1.12. The lowest BCUT2D eigenvalue weighted by Gasteiger charge is -2.22. The van der Waals surface area contributed by atoms with E-state index in [9.17, 15) is 4.79 Å². The molecule has 0 aliphatic heterocycles. The van der Waals surface area contributed by atoms with E-state index in [1.165, 1.54) is 0 Å². The Bertz CT molecular complexity index is 390. The van der Waals surface area contributed by atoms with Crippen LogP contribution in [0.15, 0.2) is 30.3 Å². The molecule has 1 atom stereocenters. The summed E-state index contributed by atoms with van der Waals surface area (Å²) in [5.74, 6) is -0.747. The summed E-state index contributed by atoms with van der Waals surface area (Å²) < 4.78 is 0. The van der Waals surface area contributed by atoms with Crippen LogP contribution in [-0.4, -0.2) is 36.8 Å². The number of rotatable bonds is 7. The largest absolute Gasteiger partial charge is 0.480 e. The first kappa shape index (κ1) is 12.9. The van der Waals surface area contributed by atoms with Crippen molar-refractivity contribution in [2.24, 2.45) is 0 Å². The lowest BCUT2D eigenvalue weighted by Crippen LogP contribution is -2.40. The van der Waals surface area contributed by atoms with Crippen LogP contribution in [0.1, 0.15) is 19.3 Å². The van der Waals surface area contributed by atoms with Crippen molar-refractivity contribution in [2.75, 3.05) is 18.5 Å². The molecule has 0 aromatic heterocycles. The number of hydrogen-bond donors (Lipinski definition) is 2. The van der Waals surface area contributed by atoms with E-state index in [0.29, 0.717) is 12.5 Å². The van der Waals surface area contributed by atoms with Crippen LogP contribution in [0.4, 0.5) is 5.69 Å². The van der Waals surface area contributed by atoms with Gasteiger partial charge in [0, 0.05) is 25.3 Å². The molecule has 2 rings (SSSR count). The molecule has 1 unspecified atom stereocenters. The number of benzene rings is 1. The summed E-state index contributed by atoms with van der Waals surface area (Å²) in [6.07, 6.45) is 2.84. The maximum Gasteiger partial charge on any atom is 0.320 e. The highest BCUT2D eigenvalue weighted by atomic mass is 16.4. The van der Waals surface area contributed by atoms with E-state index in [1.807, 2.05) is 37.4 Å². The van der Waals surface area contributed by atoms with Crippen LogP contribution in [0, 0.1) is 0 Å². The second kappa shape index (κ2) is 5.87. The molecule has 1 aromatic carbocycles. The van der Waals surface area contributed by atoms with Gasteiger partial charge in [0.2, 0.25) is 0 Å². The zero-order valence-corrected chi connectivity index (χ0v) is 10.7. The Morgan fingerprint density at radius 1 is 1.44 bits per heavy atom. The number of carbonyl (C=O) groups is 1. The average Bonchev–Trinajstić information content (AvgIpc) is 3.18. The molecule has 0 amide bonds. The van der Waals surface area contributed by atoms with Crippen LogP contribution in [-0.2, 0) is 4.79 Å². The number of anilines is 1. The minimum Gasteiger partial charge on any atom is -0.480 e. The molecule has 98 valence electrons. The molecule has 0 heterocycles. The van der Waals surface area contributed by atoms with Crippen LogP contribution in [0.25, 0.3) is 0 Å². The highest BCUT2D eigenvalue weighted by molar-refractivity contribution is 5.73. The van der Waals surface area contributed by atoms with Crippen LogP contribution >= 0.6 is 0 Å². The van der Waals surface area contributed by atoms with E-state index in [1.54, 1.807) is 0 Å². The highest BCUT2D eigenvalue weighted by Gasteiger charge is 2.28. The van der Waals surface area contributed by atoms with E-state index in [4.69, 9.17) is 5.11 Å². The first-order chi connectivity index (χ1) is 8.66. The maximum absolute atomic E-state index is 11.1. The molecule has 0 spiro atoms. The summed E-state index contributed by atoms with van der Waals surface area (Å²) in [7, 11) is 1.99. The van der Waals surface area contributed by atoms with Crippen molar-refractivity contribution in [1.82, 2.24) is 5.32 Å². The summed E-state index contributed by atoms with van der Waals surface area (Å²) in [5, 5.41) is 12.3. The van der Waals surface area contributed by atoms with Crippen molar-refractivity contribution in [1.29, 1.82) is 0 Å². The fourth-order valence-electron chi connectivity index (χ4n) is 1.95. The molecule has 0 radical (unpaired) electrons. The topological polar surface area (TPSA) is 52.6 Å². The minimum atomic E-state index is -0.747. The van der Waals surface area contributed by atoms with Gasteiger partial charge in [-0.3, -0.25) is 4.79 Å². The zero-order valence-electron chi connectivity index (χ0n) is 10.7. The van der Waals surface area contributed by atoms with Gasteiger partial charge in [-0.05, 0) is 31.4 Å². The Kier molecular flexibility index (Phi) is 4.20. The Balaban J connectivity index is 1.83. The fraction of sp³-hybridized carbons (Fsp3) is 0.500. The normalized spacial score (nSPS) is 16.3. The van der Waals surface area contributed by atoms with E-state index in [2.05, 4.69) is 10.2 Å². The van der Waals surface area contributed by atoms with Gasteiger partial charge in [-0.1, -0.05) is 18.2 Å². The third kappa shape index (κ3) is 3.74. The first-order valence-electron chi connectivity index (χ1n) is 6.42. The molecule has 1 saturated carbocycles. The molecule has 18 heavy (non-hydrogen) atoms. The molecule has 4 heteroatoms. The van der Waals surface area contributed by atoms with E-state index in [-0.39, 0.29) is 0 Å². The van der Waals surface area contributed by atoms with Crippen molar-refractivity contribution in [3.63, 3.8) is 0 Å². The molecule has 0 saturated heterocycles. The van der Waals surface area contributed by atoms with Crippen molar-refractivity contribution < 1.29 is 9.90 Å². The number of nitrogens with one attached hydrogen (secondary N) is 1. The second-order valence-corrected chi connectivity index (χ2v) is 4.88. The van der Waals surface area contributed by atoms with Gasteiger partial charge < -0.3 is 15.3 Å². The summed E-state index contributed by atoms with van der Waals surface area (Å²) in [6.45, 7) is 0.737. The Morgan fingerprint density at radius 2 is 2.11 bits per heavy atom. The molecule has 1 aliphatic carbocycles. The van der Waals surface area contributed by atoms with Gasteiger partial charge in [0.05, 0.1) is 0 Å². The standard InChI is InChI=1S/C14H20N2O2/c1-16(12-5-3-2-4-6-12)10-9-13(14(17)18)15-11-7-8-11/h2-6,11,13,15H,7-10H2,1H3,(H,17,18). The van der Waals surface area contributed by atoms with E-state index in [0.717, 1.165) is 25.1 Å². The van der Waals surface area contributed by atoms with Crippen LogP contribution in [0.3, 0.4) is 0 Å². The molecule has 1 aliphatic rings. The van der Waals surface area contributed by atoms with Gasteiger partial charge >= 0.3 is 5.97 Å². The van der Waals surface area contributed by atoms with Crippen LogP contribution < -0.4 is 10.2 Å². The van der Waals surface area contributed by atoms with Gasteiger partial charge in [0.15, 0.2) is 0 Å². The van der Waals surface area contributed by atoms with Gasteiger partial charge in [0.1, 0.15) is 6.04 Å². The Morgan fingerprint density at radius 3 is 2.67 bits per heavy atom. The third-order valence-electron chi connectivity index (χ3n) is 3.26. The molecular weight excluding hydrogens is 228 g/mol. The number of nitrogens with zero attached hydrogens (tertiary/aromatic N) is 1. The predicted octanol–water partition coefficient (Wildman–Crippen LogP) is 1.72. The summed E-state index contributed by atoms with van der Waals surface area (Å²) in [4.78, 5) is 13.2. The van der Waals surface area contributed by atoms with Gasteiger partial charge in [-0.25, -0.2) is 0 Å². The monoisotopic (exact) mass is 248 g/mol. The molecule has 0 bridgehead atoms. The third-order valence-corrected chi connectivity index (χ3v) is 3.26. The number of para-hydroxylation sites is 1. The van der Waals surface area contributed by atoms with E-state index < -0.39 is 12.0 Å². The first-order valence-corrected chi connectivity index (χ1v) is 6.42. The fourth-order valence-corrected chi connectivity index (χ4v) is 1.95. The summed E-state index contributed by atoms with van der Waals surface area (Å²) in [6, 6.07) is 10.0. The molecular formula is C14H20N2O2. The Hall–Kier alpha value is -1.55. The maximum atomic E-state index is 11.1. The lowest BCUT2D eigenvalue weighted by molar-refractivity contribution is -0.139. The van der Waals surface area contributed by atoms with Crippen LogP contribution in [0.5, 0.6) is 0 Å². The molecule has 2 N–H and O–H groups in total. The van der Waals surface area contributed by atoms with Crippen molar-refractivity contribution in [2.45, 2.75) is 31.3 Å². The minimum absolute atomic E-state index is 0.424. The SMILES string of the molecule is CN(CCC(NC1CC1)C(=O)O)c1ccccc1. The lowest BCUT2D eigenvalue weighted by atomic mass is 10.2. The summed E-state index contributed by atoms with van der Waals surface area (Å²) >= 11 is 0. The molecule has 1 fully saturated rings. The van der Waals surface area contributed by atoms with Crippen molar-refractivity contribution in [3.8, 4) is 0 Å². The van der Waals surface area contributed by atoms with Crippen LogP contribution in [0.2, 0.25) is 0 Å². The number of carboxylic acid groups (broad SMARTS) is 1. The Labute approximate surface area is 108 Å². The number of aliphatic carboxylic acids is 1. The van der Waals surface area contributed by atoms with Gasteiger partial charge in [-0.2, -0.15) is 0 Å².